The molecule has 0 aromatic heterocycles. The molecule has 190 valence electrons. The lowest BCUT2D eigenvalue weighted by Crippen LogP contribution is -2.13. The van der Waals surface area contributed by atoms with Crippen molar-refractivity contribution in [2.75, 3.05) is 18.5 Å². The molecule has 0 aliphatic carbocycles. The molecule has 0 bridgehead atoms. The fraction of sp³-hybridized carbons (Fsp3) is 0.200. The van der Waals surface area contributed by atoms with Gasteiger partial charge in [0.1, 0.15) is 29.8 Å². The number of amides is 1. The molecule has 0 spiro atoms. The van der Waals surface area contributed by atoms with E-state index in [1.807, 2.05) is 26.0 Å². The number of nitriles is 1. The van der Waals surface area contributed by atoms with Gasteiger partial charge in [-0.15, -0.1) is 6.58 Å². The molecule has 1 amide bonds. The Labute approximate surface area is 216 Å². The Morgan fingerprint density at radius 2 is 1.73 bits per heavy atom. The van der Waals surface area contributed by atoms with Crippen molar-refractivity contribution in [3.8, 4) is 23.3 Å². The molecule has 0 saturated heterocycles. The number of hydrogen-bond donors (Lipinski definition) is 1. The average molecular weight is 501 g/mol. The van der Waals surface area contributed by atoms with Crippen molar-refractivity contribution in [3.05, 3.63) is 101 Å². The van der Waals surface area contributed by atoms with Crippen LogP contribution in [0.15, 0.2) is 78.9 Å². The van der Waals surface area contributed by atoms with Gasteiger partial charge in [0.25, 0.3) is 5.91 Å². The molecule has 0 unspecified atom stereocenters. The van der Waals surface area contributed by atoms with Crippen molar-refractivity contribution in [3.63, 3.8) is 0 Å². The van der Waals surface area contributed by atoms with Crippen LogP contribution in [0.2, 0.25) is 0 Å². The number of carbonyl (C=O) groups excluding carboxylic acids is 1. The molecule has 3 aromatic carbocycles. The SMILES string of the molecule is C=CCc1cc(/C=C(\C#N)C(=O)Nc2ccc(OCC)cc2)cc(OCC)c1OCc1ccc(F)cc1. The van der Waals surface area contributed by atoms with E-state index < -0.39 is 5.91 Å². The third-order valence-electron chi connectivity index (χ3n) is 5.21. The molecule has 0 radical (unpaired) electrons. The summed E-state index contributed by atoms with van der Waals surface area (Å²) in [7, 11) is 0. The highest BCUT2D eigenvalue weighted by Gasteiger charge is 2.16. The predicted octanol–water partition coefficient (Wildman–Crippen LogP) is 6.48. The number of nitrogens with one attached hydrogen (secondary N) is 1. The second-order valence-electron chi connectivity index (χ2n) is 7.93. The summed E-state index contributed by atoms with van der Waals surface area (Å²) >= 11 is 0. The number of ether oxygens (including phenoxy) is 3. The highest BCUT2D eigenvalue weighted by Crippen LogP contribution is 2.35. The number of allylic oxidation sites excluding steroid dienone is 1. The van der Waals surface area contributed by atoms with Crippen LogP contribution in [0.5, 0.6) is 17.2 Å². The summed E-state index contributed by atoms with van der Waals surface area (Å²) in [6.07, 6.45) is 3.71. The molecule has 37 heavy (non-hydrogen) atoms. The molecule has 0 fully saturated rings. The molecule has 6 nitrogen and oxygen atoms in total. The quantitative estimate of drug-likeness (QED) is 0.175. The van der Waals surface area contributed by atoms with Gasteiger partial charge in [0, 0.05) is 11.3 Å². The normalized spacial score (nSPS) is 10.8. The Hall–Kier alpha value is -4.57. The standard InChI is InChI=1S/C30H29FN2O4/c1-4-7-23-16-22(17-24(19-32)30(34)33-26-12-14-27(15-13-26)35-5-2)18-28(36-6-3)29(23)37-20-21-8-10-25(31)11-9-21/h4,8-18H,1,5-7,20H2,2-3H3,(H,33,34)/b24-17+. The lowest BCUT2D eigenvalue weighted by Gasteiger charge is -2.17. The van der Waals surface area contributed by atoms with Crippen molar-refractivity contribution in [2.45, 2.75) is 26.9 Å². The Balaban J connectivity index is 1.87. The van der Waals surface area contributed by atoms with Gasteiger partial charge in [-0.05, 0) is 86.0 Å². The number of rotatable bonds is 12. The molecule has 0 atom stereocenters. The van der Waals surface area contributed by atoms with Crippen LogP contribution in [0.3, 0.4) is 0 Å². The van der Waals surface area contributed by atoms with E-state index in [4.69, 9.17) is 14.2 Å². The molecule has 3 rings (SSSR count). The van der Waals surface area contributed by atoms with Crippen LogP contribution in [0.1, 0.15) is 30.5 Å². The fourth-order valence-corrected chi connectivity index (χ4v) is 3.55. The lowest BCUT2D eigenvalue weighted by molar-refractivity contribution is -0.112. The van der Waals surface area contributed by atoms with E-state index in [1.165, 1.54) is 18.2 Å². The van der Waals surface area contributed by atoms with Crippen molar-refractivity contribution in [1.29, 1.82) is 5.26 Å². The highest BCUT2D eigenvalue weighted by molar-refractivity contribution is 6.09. The zero-order valence-corrected chi connectivity index (χ0v) is 20.9. The van der Waals surface area contributed by atoms with E-state index in [0.29, 0.717) is 48.1 Å². The van der Waals surface area contributed by atoms with Gasteiger partial charge in [-0.25, -0.2) is 4.39 Å². The van der Waals surface area contributed by atoms with Crippen LogP contribution >= 0.6 is 0 Å². The molecule has 0 aliphatic heterocycles. The first-order valence-electron chi connectivity index (χ1n) is 11.9. The largest absolute Gasteiger partial charge is 0.494 e. The van der Waals surface area contributed by atoms with Crippen LogP contribution in [0.4, 0.5) is 10.1 Å². The third-order valence-corrected chi connectivity index (χ3v) is 5.21. The predicted molar refractivity (Wildman–Crippen MR) is 142 cm³/mol. The molecular formula is C30H29FN2O4. The number of hydrogen-bond acceptors (Lipinski definition) is 5. The van der Waals surface area contributed by atoms with Gasteiger partial charge in [0.15, 0.2) is 11.5 Å². The summed E-state index contributed by atoms with van der Waals surface area (Å²) in [4.78, 5) is 12.8. The summed E-state index contributed by atoms with van der Waals surface area (Å²) in [5, 5.41) is 12.4. The van der Waals surface area contributed by atoms with E-state index in [-0.39, 0.29) is 18.0 Å². The van der Waals surface area contributed by atoms with Crippen LogP contribution in [0.25, 0.3) is 6.08 Å². The summed E-state index contributed by atoms with van der Waals surface area (Å²) in [5.41, 5.74) is 2.66. The van der Waals surface area contributed by atoms with Crippen LogP contribution < -0.4 is 19.5 Å². The number of carbonyl (C=O) groups is 1. The second kappa shape index (κ2) is 13.5. The molecule has 0 aliphatic rings. The van der Waals surface area contributed by atoms with E-state index >= 15 is 0 Å². The van der Waals surface area contributed by atoms with Crippen molar-refractivity contribution in [2.24, 2.45) is 0 Å². The first-order chi connectivity index (χ1) is 18.0. The van der Waals surface area contributed by atoms with E-state index in [2.05, 4.69) is 11.9 Å². The number of anilines is 1. The lowest BCUT2D eigenvalue weighted by atomic mass is 10.0. The first-order valence-corrected chi connectivity index (χ1v) is 11.9. The topological polar surface area (TPSA) is 80.6 Å². The minimum Gasteiger partial charge on any atom is -0.494 e. The van der Waals surface area contributed by atoms with Gasteiger partial charge in [0.05, 0.1) is 13.2 Å². The Morgan fingerprint density at radius 1 is 1.03 bits per heavy atom. The zero-order chi connectivity index (χ0) is 26.6. The van der Waals surface area contributed by atoms with Gasteiger partial charge in [-0.2, -0.15) is 5.26 Å². The fourth-order valence-electron chi connectivity index (χ4n) is 3.55. The Bertz CT molecular complexity index is 1290. The van der Waals surface area contributed by atoms with Gasteiger partial charge in [-0.1, -0.05) is 18.2 Å². The first kappa shape index (κ1) is 27.0. The van der Waals surface area contributed by atoms with Crippen LogP contribution in [-0.2, 0) is 17.8 Å². The summed E-state index contributed by atoms with van der Waals surface area (Å²) in [5.74, 6) is 0.838. The van der Waals surface area contributed by atoms with Gasteiger partial charge >= 0.3 is 0 Å². The van der Waals surface area contributed by atoms with Crippen LogP contribution in [0, 0.1) is 17.1 Å². The van der Waals surface area contributed by atoms with E-state index in [1.54, 1.807) is 48.5 Å². The zero-order valence-electron chi connectivity index (χ0n) is 20.9. The average Bonchev–Trinajstić information content (AvgIpc) is 2.89. The molecule has 7 heteroatoms. The monoisotopic (exact) mass is 500 g/mol. The Kier molecular flexibility index (Phi) is 9.86. The maximum Gasteiger partial charge on any atom is 0.266 e. The van der Waals surface area contributed by atoms with Gasteiger partial charge in [-0.3, -0.25) is 4.79 Å². The minimum atomic E-state index is -0.536. The van der Waals surface area contributed by atoms with E-state index in [0.717, 1.165) is 11.1 Å². The van der Waals surface area contributed by atoms with Crippen molar-refractivity contribution < 1.29 is 23.4 Å². The van der Waals surface area contributed by atoms with Gasteiger partial charge < -0.3 is 19.5 Å². The smallest absolute Gasteiger partial charge is 0.266 e. The molecule has 1 N–H and O–H groups in total. The number of nitrogens with zero attached hydrogens (tertiary/aromatic N) is 1. The Morgan fingerprint density at radius 3 is 2.35 bits per heavy atom. The molecular weight excluding hydrogens is 471 g/mol. The maximum absolute atomic E-state index is 13.2. The summed E-state index contributed by atoms with van der Waals surface area (Å²) in [6.45, 7) is 8.71. The summed E-state index contributed by atoms with van der Waals surface area (Å²) < 4.78 is 30.6. The number of benzene rings is 3. The van der Waals surface area contributed by atoms with Crippen molar-refractivity contribution >= 4 is 17.7 Å². The number of halogens is 1. The van der Waals surface area contributed by atoms with Crippen molar-refractivity contribution in [1.82, 2.24) is 0 Å². The molecule has 0 heterocycles. The van der Waals surface area contributed by atoms with E-state index in [9.17, 15) is 14.4 Å². The maximum atomic E-state index is 13.2. The molecule has 3 aromatic rings. The highest BCUT2D eigenvalue weighted by atomic mass is 19.1. The van der Waals surface area contributed by atoms with Crippen LogP contribution in [-0.4, -0.2) is 19.1 Å². The second-order valence-corrected chi connectivity index (χ2v) is 7.93. The summed E-state index contributed by atoms with van der Waals surface area (Å²) in [6, 6.07) is 18.5. The third kappa shape index (κ3) is 7.71. The van der Waals surface area contributed by atoms with Gasteiger partial charge in [0.2, 0.25) is 0 Å². The molecule has 0 saturated carbocycles. The minimum absolute atomic E-state index is 0.0686.